The van der Waals surface area contributed by atoms with Crippen LogP contribution in [0, 0.1) is 19.8 Å². The van der Waals surface area contributed by atoms with E-state index in [-0.39, 0.29) is 18.5 Å². The Morgan fingerprint density at radius 3 is 2.41 bits per heavy atom. The fourth-order valence-electron chi connectivity index (χ4n) is 3.42. The first-order chi connectivity index (χ1) is 12.8. The van der Waals surface area contributed by atoms with E-state index >= 15 is 0 Å². The van der Waals surface area contributed by atoms with E-state index in [1.807, 2.05) is 48.7 Å². The molecule has 0 bridgehead atoms. The van der Waals surface area contributed by atoms with Crippen molar-refractivity contribution < 1.29 is 19.4 Å². The zero-order valence-corrected chi connectivity index (χ0v) is 16.2. The topological polar surface area (TPSA) is 71.8 Å². The highest BCUT2D eigenvalue weighted by molar-refractivity contribution is 5.96. The Hall–Kier alpha value is -2.76. The number of nitrogens with zero attached hydrogens (tertiary/aromatic N) is 2. The molecule has 0 radical (unpaired) electrons. The molecule has 1 aromatic heterocycles. The molecule has 27 heavy (non-hydrogen) atoms. The van der Waals surface area contributed by atoms with E-state index in [9.17, 15) is 14.7 Å². The average Bonchev–Trinajstić information content (AvgIpc) is 3.44. The molecule has 1 unspecified atom stereocenters. The van der Waals surface area contributed by atoms with Crippen molar-refractivity contribution in [3.05, 3.63) is 47.3 Å². The van der Waals surface area contributed by atoms with Crippen molar-refractivity contribution in [2.24, 2.45) is 5.92 Å². The molecule has 1 fully saturated rings. The highest BCUT2D eigenvalue weighted by atomic mass is 16.5. The van der Waals surface area contributed by atoms with Gasteiger partial charge in [0.15, 0.2) is 0 Å². The number of aryl methyl sites for hydroxylation is 1. The lowest BCUT2D eigenvalue weighted by Gasteiger charge is -2.24. The summed E-state index contributed by atoms with van der Waals surface area (Å²) >= 11 is 0. The van der Waals surface area contributed by atoms with Crippen LogP contribution in [0.3, 0.4) is 0 Å². The molecule has 144 valence electrons. The quantitative estimate of drug-likeness (QED) is 0.810. The van der Waals surface area contributed by atoms with E-state index in [4.69, 9.17) is 4.74 Å². The number of carbonyl (C=O) groups is 2. The monoisotopic (exact) mass is 370 g/mol. The number of carboxylic acids is 1. The number of methoxy groups -OCH3 is 1. The minimum absolute atomic E-state index is 0.0848. The van der Waals surface area contributed by atoms with Crippen LogP contribution in [-0.4, -0.2) is 46.1 Å². The van der Waals surface area contributed by atoms with Gasteiger partial charge >= 0.3 is 5.97 Å². The molecule has 3 rings (SSSR count). The van der Waals surface area contributed by atoms with Crippen LogP contribution in [0.4, 0.5) is 0 Å². The highest BCUT2D eigenvalue weighted by Gasteiger charge is 2.36. The van der Waals surface area contributed by atoms with Crippen molar-refractivity contribution in [2.75, 3.05) is 13.7 Å². The van der Waals surface area contributed by atoms with Crippen LogP contribution in [0.1, 0.15) is 41.5 Å². The van der Waals surface area contributed by atoms with Gasteiger partial charge in [0.25, 0.3) is 5.91 Å². The van der Waals surface area contributed by atoms with Gasteiger partial charge in [-0.3, -0.25) is 9.59 Å². The van der Waals surface area contributed by atoms with Crippen molar-refractivity contribution in [2.45, 2.75) is 39.7 Å². The van der Waals surface area contributed by atoms with Gasteiger partial charge in [0.05, 0.1) is 18.6 Å². The second-order valence-electron chi connectivity index (χ2n) is 7.25. The Balaban J connectivity index is 1.91. The third kappa shape index (κ3) is 3.84. The summed E-state index contributed by atoms with van der Waals surface area (Å²) in [6, 6.07) is 9.74. The van der Waals surface area contributed by atoms with E-state index in [1.54, 1.807) is 18.9 Å². The van der Waals surface area contributed by atoms with E-state index < -0.39 is 11.9 Å². The largest absolute Gasteiger partial charge is 0.497 e. The molecule has 1 saturated carbocycles. The smallest absolute Gasteiger partial charge is 0.308 e. The Labute approximate surface area is 159 Å². The van der Waals surface area contributed by atoms with Crippen LogP contribution in [-0.2, 0) is 4.79 Å². The number of amides is 1. The predicted octanol–water partition coefficient (Wildman–Crippen LogP) is 3.43. The molecular formula is C21H26N2O4. The molecule has 1 aliphatic carbocycles. The molecule has 1 aliphatic rings. The number of hydrogen-bond donors (Lipinski definition) is 1. The van der Waals surface area contributed by atoms with Gasteiger partial charge in [-0.25, -0.2) is 0 Å². The van der Waals surface area contributed by atoms with Gasteiger partial charge in [-0.05, 0) is 57.0 Å². The lowest BCUT2D eigenvalue weighted by Crippen LogP contribution is -2.38. The number of hydrogen-bond acceptors (Lipinski definition) is 3. The average molecular weight is 370 g/mol. The zero-order valence-electron chi connectivity index (χ0n) is 16.2. The standard InChI is InChI=1S/C21H26N2O4/c1-13(21(25)26)12-22(16-5-6-16)20(24)19-11-14(2)23(15(19)3)17-7-9-18(27-4)10-8-17/h7-11,13,16H,5-6,12H2,1-4H3,(H,25,26). The molecule has 1 amide bonds. The van der Waals surface area contributed by atoms with Gasteiger partial charge in [-0.1, -0.05) is 6.92 Å². The molecule has 1 atom stereocenters. The summed E-state index contributed by atoms with van der Waals surface area (Å²) < 4.78 is 7.25. The summed E-state index contributed by atoms with van der Waals surface area (Å²) in [5.74, 6) is -0.768. The second kappa shape index (κ2) is 7.47. The first-order valence-electron chi connectivity index (χ1n) is 9.20. The maximum atomic E-state index is 13.2. The SMILES string of the molecule is COc1ccc(-n2c(C)cc(C(=O)N(CC(C)C(=O)O)C3CC3)c2C)cc1. The summed E-state index contributed by atoms with van der Waals surface area (Å²) in [4.78, 5) is 26.2. The molecule has 1 N–H and O–H groups in total. The predicted molar refractivity (Wildman–Crippen MR) is 103 cm³/mol. The number of carbonyl (C=O) groups excluding carboxylic acids is 1. The highest BCUT2D eigenvalue weighted by Crippen LogP contribution is 2.31. The summed E-state index contributed by atoms with van der Waals surface area (Å²) in [5.41, 5.74) is 3.41. The number of ether oxygens (including phenoxy) is 1. The van der Waals surface area contributed by atoms with Crippen LogP contribution in [0.2, 0.25) is 0 Å². The first-order valence-corrected chi connectivity index (χ1v) is 9.20. The Kier molecular flexibility index (Phi) is 5.26. The Morgan fingerprint density at radius 2 is 1.89 bits per heavy atom. The van der Waals surface area contributed by atoms with Crippen molar-refractivity contribution in [3.63, 3.8) is 0 Å². The van der Waals surface area contributed by atoms with Gasteiger partial charge in [-0.15, -0.1) is 0 Å². The number of aromatic nitrogens is 1. The summed E-state index contributed by atoms with van der Waals surface area (Å²) in [6.45, 7) is 5.78. The Morgan fingerprint density at radius 1 is 1.26 bits per heavy atom. The van der Waals surface area contributed by atoms with Crippen LogP contribution in [0.25, 0.3) is 5.69 Å². The van der Waals surface area contributed by atoms with E-state index in [0.29, 0.717) is 5.56 Å². The third-order valence-corrected chi connectivity index (χ3v) is 5.13. The van der Waals surface area contributed by atoms with Gasteiger partial charge in [0.1, 0.15) is 5.75 Å². The zero-order chi connectivity index (χ0) is 19.7. The number of carboxylic acid groups (broad SMARTS) is 1. The van der Waals surface area contributed by atoms with Gasteiger partial charge < -0.3 is 19.3 Å². The van der Waals surface area contributed by atoms with Crippen molar-refractivity contribution in [1.82, 2.24) is 9.47 Å². The van der Waals surface area contributed by atoms with E-state index in [0.717, 1.165) is 35.7 Å². The van der Waals surface area contributed by atoms with Crippen LogP contribution in [0.5, 0.6) is 5.75 Å². The number of rotatable bonds is 7. The fourth-order valence-corrected chi connectivity index (χ4v) is 3.42. The van der Waals surface area contributed by atoms with E-state index in [2.05, 4.69) is 0 Å². The molecule has 0 spiro atoms. The normalized spacial score (nSPS) is 14.7. The molecule has 1 aromatic carbocycles. The molecular weight excluding hydrogens is 344 g/mol. The molecule has 6 nitrogen and oxygen atoms in total. The lowest BCUT2D eigenvalue weighted by atomic mass is 10.1. The van der Waals surface area contributed by atoms with Crippen LogP contribution in [0.15, 0.2) is 30.3 Å². The molecule has 6 heteroatoms. The third-order valence-electron chi connectivity index (χ3n) is 5.13. The first kappa shape index (κ1) is 19.0. The summed E-state index contributed by atoms with van der Waals surface area (Å²) in [6.07, 6.45) is 1.88. The number of aliphatic carboxylic acids is 1. The van der Waals surface area contributed by atoms with Gasteiger partial charge in [0.2, 0.25) is 0 Å². The van der Waals surface area contributed by atoms with Crippen molar-refractivity contribution in [3.8, 4) is 11.4 Å². The minimum atomic E-state index is -0.878. The molecule has 1 heterocycles. The fraction of sp³-hybridized carbons (Fsp3) is 0.429. The van der Waals surface area contributed by atoms with Crippen molar-refractivity contribution >= 4 is 11.9 Å². The van der Waals surface area contributed by atoms with E-state index in [1.165, 1.54) is 0 Å². The molecule has 0 saturated heterocycles. The molecule has 2 aromatic rings. The molecule has 0 aliphatic heterocycles. The Bertz CT molecular complexity index is 850. The van der Waals surface area contributed by atoms with Crippen LogP contribution < -0.4 is 4.74 Å². The maximum Gasteiger partial charge on any atom is 0.308 e. The summed E-state index contributed by atoms with van der Waals surface area (Å²) in [7, 11) is 1.63. The van der Waals surface area contributed by atoms with Gasteiger partial charge in [0, 0.05) is 29.7 Å². The summed E-state index contributed by atoms with van der Waals surface area (Å²) in [5, 5.41) is 9.23. The second-order valence-corrected chi connectivity index (χ2v) is 7.25. The van der Waals surface area contributed by atoms with Crippen LogP contribution >= 0.6 is 0 Å². The maximum absolute atomic E-state index is 13.2. The minimum Gasteiger partial charge on any atom is -0.497 e. The number of benzene rings is 1. The lowest BCUT2D eigenvalue weighted by molar-refractivity contribution is -0.141. The van der Waals surface area contributed by atoms with Crippen molar-refractivity contribution in [1.29, 1.82) is 0 Å². The van der Waals surface area contributed by atoms with Gasteiger partial charge in [-0.2, -0.15) is 0 Å².